The van der Waals surface area contributed by atoms with Crippen molar-refractivity contribution < 1.29 is 23.0 Å². The SMILES string of the molecule is COc1cc(CNC(=O)NCC(C)Cn2cccn2)ccc1OC(F)F. The first-order chi connectivity index (χ1) is 12.5. The summed E-state index contributed by atoms with van der Waals surface area (Å²) in [5.74, 6) is 0.340. The number of halogens is 2. The van der Waals surface area contributed by atoms with Crippen LogP contribution in [0.1, 0.15) is 12.5 Å². The Morgan fingerprint density at radius 1 is 1.31 bits per heavy atom. The van der Waals surface area contributed by atoms with E-state index in [4.69, 9.17) is 4.74 Å². The van der Waals surface area contributed by atoms with E-state index in [1.807, 2.05) is 19.2 Å². The summed E-state index contributed by atoms with van der Waals surface area (Å²) >= 11 is 0. The van der Waals surface area contributed by atoms with Crippen LogP contribution in [0.2, 0.25) is 0 Å². The predicted octanol–water partition coefficient (Wildman–Crippen LogP) is 2.63. The van der Waals surface area contributed by atoms with Crippen LogP contribution in [-0.2, 0) is 13.1 Å². The van der Waals surface area contributed by atoms with E-state index >= 15 is 0 Å². The smallest absolute Gasteiger partial charge is 0.387 e. The maximum absolute atomic E-state index is 12.3. The number of hydrogen-bond acceptors (Lipinski definition) is 4. The van der Waals surface area contributed by atoms with Crippen molar-refractivity contribution in [3.05, 3.63) is 42.2 Å². The average molecular weight is 368 g/mol. The third-order valence-corrected chi connectivity index (χ3v) is 3.57. The number of amides is 2. The van der Waals surface area contributed by atoms with E-state index in [2.05, 4.69) is 20.5 Å². The molecule has 2 aromatic rings. The summed E-state index contributed by atoms with van der Waals surface area (Å²) < 4.78 is 35.8. The number of carbonyl (C=O) groups is 1. The number of carbonyl (C=O) groups excluding carboxylic acids is 1. The summed E-state index contributed by atoms with van der Waals surface area (Å²) in [7, 11) is 1.36. The zero-order chi connectivity index (χ0) is 18.9. The highest BCUT2D eigenvalue weighted by Crippen LogP contribution is 2.29. The molecular weight excluding hydrogens is 346 g/mol. The van der Waals surface area contributed by atoms with Crippen LogP contribution in [0.4, 0.5) is 13.6 Å². The van der Waals surface area contributed by atoms with Crippen molar-refractivity contribution in [2.45, 2.75) is 26.6 Å². The fourth-order valence-electron chi connectivity index (χ4n) is 2.32. The van der Waals surface area contributed by atoms with E-state index in [1.165, 1.54) is 13.2 Å². The van der Waals surface area contributed by atoms with Crippen molar-refractivity contribution in [3.8, 4) is 11.5 Å². The molecule has 2 rings (SSSR count). The van der Waals surface area contributed by atoms with Gasteiger partial charge in [0.1, 0.15) is 0 Å². The minimum atomic E-state index is -2.93. The fraction of sp³-hybridized carbons (Fsp3) is 0.412. The zero-order valence-corrected chi connectivity index (χ0v) is 14.6. The minimum absolute atomic E-state index is 0.0526. The van der Waals surface area contributed by atoms with Crippen molar-refractivity contribution >= 4 is 6.03 Å². The molecule has 7 nitrogen and oxygen atoms in total. The van der Waals surface area contributed by atoms with Gasteiger partial charge in [-0.05, 0) is 29.7 Å². The third-order valence-electron chi connectivity index (χ3n) is 3.57. The lowest BCUT2D eigenvalue weighted by Crippen LogP contribution is -2.38. The van der Waals surface area contributed by atoms with Crippen molar-refractivity contribution in [2.75, 3.05) is 13.7 Å². The standard InChI is InChI=1S/C17H22F2N4O3/c1-12(11-23-7-3-6-22-23)9-20-17(24)21-10-13-4-5-14(26-16(18)19)15(8-13)25-2/h3-8,12,16H,9-11H2,1-2H3,(H2,20,21,24). The summed E-state index contributed by atoms with van der Waals surface area (Å²) in [6.07, 6.45) is 3.57. The number of aromatic nitrogens is 2. The quantitative estimate of drug-likeness (QED) is 0.713. The molecular formula is C17H22F2N4O3. The molecule has 1 unspecified atom stereocenters. The Morgan fingerprint density at radius 2 is 2.12 bits per heavy atom. The highest BCUT2D eigenvalue weighted by atomic mass is 19.3. The van der Waals surface area contributed by atoms with Crippen LogP contribution in [0, 0.1) is 5.92 Å². The highest BCUT2D eigenvalue weighted by molar-refractivity contribution is 5.73. The van der Waals surface area contributed by atoms with Crippen LogP contribution in [0.25, 0.3) is 0 Å². The summed E-state index contributed by atoms with van der Waals surface area (Å²) in [6, 6.07) is 6.04. The normalized spacial score (nSPS) is 11.9. The summed E-state index contributed by atoms with van der Waals surface area (Å²) in [6.45, 7) is 0.508. The minimum Gasteiger partial charge on any atom is -0.493 e. The van der Waals surface area contributed by atoms with Crippen LogP contribution in [0.3, 0.4) is 0 Å². The van der Waals surface area contributed by atoms with Crippen LogP contribution in [-0.4, -0.2) is 36.1 Å². The van der Waals surface area contributed by atoms with Crippen molar-refractivity contribution in [1.29, 1.82) is 0 Å². The van der Waals surface area contributed by atoms with Gasteiger partial charge in [0.05, 0.1) is 7.11 Å². The van der Waals surface area contributed by atoms with Gasteiger partial charge in [0.15, 0.2) is 11.5 Å². The second-order valence-electron chi connectivity index (χ2n) is 5.76. The first kappa shape index (κ1) is 19.5. The summed E-state index contributed by atoms with van der Waals surface area (Å²) in [5.41, 5.74) is 0.697. The van der Waals surface area contributed by atoms with E-state index in [0.29, 0.717) is 18.7 Å². The summed E-state index contributed by atoms with van der Waals surface area (Å²) in [5, 5.41) is 9.61. The van der Waals surface area contributed by atoms with Gasteiger partial charge in [-0.1, -0.05) is 13.0 Å². The molecule has 0 radical (unpaired) electrons. The molecule has 1 aromatic carbocycles. The van der Waals surface area contributed by atoms with Crippen LogP contribution >= 0.6 is 0 Å². The van der Waals surface area contributed by atoms with Gasteiger partial charge in [0.2, 0.25) is 0 Å². The Balaban J connectivity index is 1.77. The first-order valence-corrected chi connectivity index (χ1v) is 8.08. The number of nitrogens with zero attached hydrogens (tertiary/aromatic N) is 2. The monoisotopic (exact) mass is 368 g/mol. The molecule has 0 spiro atoms. The van der Waals surface area contributed by atoms with Crippen molar-refractivity contribution in [1.82, 2.24) is 20.4 Å². The van der Waals surface area contributed by atoms with E-state index in [9.17, 15) is 13.6 Å². The molecule has 0 fully saturated rings. The average Bonchev–Trinajstić information content (AvgIpc) is 3.11. The Morgan fingerprint density at radius 3 is 2.77 bits per heavy atom. The van der Waals surface area contributed by atoms with Gasteiger partial charge < -0.3 is 20.1 Å². The Bertz CT molecular complexity index is 695. The molecule has 0 saturated carbocycles. The van der Waals surface area contributed by atoms with Gasteiger partial charge in [0.25, 0.3) is 0 Å². The number of urea groups is 1. The second kappa shape index (κ2) is 9.59. The van der Waals surface area contributed by atoms with Crippen LogP contribution in [0.5, 0.6) is 11.5 Å². The molecule has 0 bridgehead atoms. The number of nitrogens with one attached hydrogen (secondary N) is 2. The Kier molecular flexibility index (Phi) is 7.19. The van der Waals surface area contributed by atoms with Gasteiger partial charge >= 0.3 is 12.6 Å². The summed E-state index contributed by atoms with van der Waals surface area (Å²) in [4.78, 5) is 11.9. The van der Waals surface area contributed by atoms with Gasteiger partial charge in [0, 0.05) is 32.0 Å². The molecule has 0 aliphatic heterocycles. The van der Waals surface area contributed by atoms with Crippen molar-refractivity contribution in [3.63, 3.8) is 0 Å². The lowest BCUT2D eigenvalue weighted by Gasteiger charge is -2.14. The Hall–Kier alpha value is -2.84. The van der Waals surface area contributed by atoms with E-state index in [0.717, 1.165) is 0 Å². The molecule has 9 heteroatoms. The van der Waals surface area contributed by atoms with Gasteiger partial charge in [-0.3, -0.25) is 4.68 Å². The first-order valence-electron chi connectivity index (χ1n) is 8.08. The predicted molar refractivity (Wildman–Crippen MR) is 91.3 cm³/mol. The second-order valence-corrected chi connectivity index (χ2v) is 5.76. The molecule has 2 N–H and O–H groups in total. The maximum atomic E-state index is 12.3. The Labute approximate surface area is 150 Å². The lowest BCUT2D eigenvalue weighted by molar-refractivity contribution is -0.0512. The molecule has 1 heterocycles. The van der Waals surface area contributed by atoms with Crippen LogP contribution < -0.4 is 20.1 Å². The van der Waals surface area contributed by atoms with E-state index in [-0.39, 0.29) is 30.0 Å². The van der Waals surface area contributed by atoms with Crippen LogP contribution in [0.15, 0.2) is 36.7 Å². The fourth-order valence-corrected chi connectivity index (χ4v) is 2.32. The van der Waals surface area contributed by atoms with Gasteiger partial charge in [-0.25, -0.2) is 4.79 Å². The number of alkyl halides is 2. The molecule has 1 atom stereocenters. The largest absolute Gasteiger partial charge is 0.493 e. The molecule has 2 amide bonds. The number of rotatable bonds is 9. The molecule has 1 aromatic heterocycles. The van der Waals surface area contributed by atoms with Gasteiger partial charge in [-0.2, -0.15) is 13.9 Å². The number of ether oxygens (including phenoxy) is 2. The number of hydrogen-bond donors (Lipinski definition) is 2. The van der Waals surface area contributed by atoms with E-state index in [1.54, 1.807) is 23.0 Å². The molecule has 142 valence electrons. The number of methoxy groups -OCH3 is 1. The molecule has 0 saturated heterocycles. The topological polar surface area (TPSA) is 77.4 Å². The lowest BCUT2D eigenvalue weighted by atomic mass is 10.2. The molecule has 0 aliphatic rings. The highest BCUT2D eigenvalue weighted by Gasteiger charge is 2.12. The van der Waals surface area contributed by atoms with Crippen molar-refractivity contribution in [2.24, 2.45) is 5.92 Å². The molecule has 26 heavy (non-hydrogen) atoms. The zero-order valence-electron chi connectivity index (χ0n) is 14.6. The maximum Gasteiger partial charge on any atom is 0.387 e. The molecule has 0 aliphatic carbocycles. The van der Waals surface area contributed by atoms with Gasteiger partial charge in [-0.15, -0.1) is 0 Å². The number of benzene rings is 1. The van der Waals surface area contributed by atoms with E-state index < -0.39 is 6.61 Å². The third kappa shape index (κ3) is 6.23.